The Morgan fingerprint density at radius 3 is 2.24 bits per heavy atom. The second-order valence-electron chi connectivity index (χ2n) is 6.59. The van der Waals surface area contributed by atoms with Crippen LogP contribution in [0.4, 0.5) is 4.39 Å². The van der Waals surface area contributed by atoms with Crippen LogP contribution in [0.25, 0.3) is 0 Å². The van der Waals surface area contributed by atoms with Gasteiger partial charge in [-0.05, 0) is 50.0 Å². The van der Waals surface area contributed by atoms with Crippen molar-refractivity contribution in [3.8, 4) is 11.5 Å². The van der Waals surface area contributed by atoms with E-state index in [1.807, 2.05) is 19.0 Å². The van der Waals surface area contributed by atoms with E-state index < -0.39 is 5.91 Å². The van der Waals surface area contributed by atoms with Crippen LogP contribution in [-0.2, 0) is 4.79 Å². The molecule has 2 amide bonds. The fraction of sp³-hybridized carbons (Fsp3) is 0.333. The lowest BCUT2D eigenvalue weighted by Gasteiger charge is -2.25. The summed E-state index contributed by atoms with van der Waals surface area (Å²) in [6.07, 6.45) is 0. The van der Waals surface area contributed by atoms with Gasteiger partial charge in [0, 0.05) is 12.1 Å². The third-order valence-corrected chi connectivity index (χ3v) is 4.43. The molecule has 8 heteroatoms. The Bertz CT molecular complexity index is 840. The lowest BCUT2D eigenvalue weighted by Crippen LogP contribution is -2.40. The van der Waals surface area contributed by atoms with Gasteiger partial charge in [-0.2, -0.15) is 0 Å². The van der Waals surface area contributed by atoms with E-state index in [0.717, 1.165) is 5.56 Å². The van der Waals surface area contributed by atoms with E-state index in [2.05, 4.69) is 10.6 Å². The highest BCUT2D eigenvalue weighted by atomic mass is 19.1. The number of hydrogen-bond donors (Lipinski definition) is 2. The van der Waals surface area contributed by atoms with Gasteiger partial charge in [0.15, 0.2) is 11.5 Å². The molecule has 2 aromatic rings. The Balaban J connectivity index is 1.90. The molecule has 0 fully saturated rings. The van der Waals surface area contributed by atoms with E-state index in [-0.39, 0.29) is 24.3 Å². The summed E-state index contributed by atoms with van der Waals surface area (Å²) in [6, 6.07) is 10.8. The first-order chi connectivity index (χ1) is 13.8. The van der Waals surface area contributed by atoms with Gasteiger partial charge >= 0.3 is 0 Å². The van der Waals surface area contributed by atoms with Crippen LogP contribution in [0.15, 0.2) is 42.5 Å². The Kier molecular flexibility index (Phi) is 7.97. The van der Waals surface area contributed by atoms with Crippen LogP contribution in [-0.4, -0.2) is 58.1 Å². The monoisotopic (exact) mass is 403 g/mol. The van der Waals surface area contributed by atoms with Crippen LogP contribution in [0, 0.1) is 5.82 Å². The molecule has 0 aromatic heterocycles. The molecule has 2 N–H and O–H groups in total. The molecule has 0 aliphatic carbocycles. The highest BCUT2D eigenvalue weighted by molar-refractivity contribution is 5.97. The molecule has 0 saturated heterocycles. The molecule has 1 atom stereocenters. The van der Waals surface area contributed by atoms with Gasteiger partial charge in [0.2, 0.25) is 5.91 Å². The van der Waals surface area contributed by atoms with Crippen molar-refractivity contribution in [2.75, 3.05) is 41.4 Å². The molecule has 0 bridgehead atoms. The molecular weight excluding hydrogens is 377 g/mol. The van der Waals surface area contributed by atoms with E-state index >= 15 is 0 Å². The first-order valence-electron chi connectivity index (χ1n) is 9.04. The normalized spacial score (nSPS) is 11.7. The van der Waals surface area contributed by atoms with Crippen molar-refractivity contribution in [1.29, 1.82) is 0 Å². The standard InChI is InChI=1S/C21H26FN3O4/c1-25(2)17(14-5-8-16(22)9-6-14)12-23-20(26)13-24-21(27)15-7-10-18(28-3)19(11-15)29-4/h5-11,17H,12-13H2,1-4H3,(H,23,26)(H,24,27). The SMILES string of the molecule is COc1ccc(C(=O)NCC(=O)NCC(c2ccc(F)cc2)N(C)C)cc1OC. The maximum Gasteiger partial charge on any atom is 0.251 e. The molecule has 29 heavy (non-hydrogen) atoms. The van der Waals surface area contributed by atoms with Crippen LogP contribution in [0.3, 0.4) is 0 Å². The number of halogens is 1. The average Bonchev–Trinajstić information content (AvgIpc) is 2.72. The zero-order valence-electron chi connectivity index (χ0n) is 17.0. The van der Waals surface area contributed by atoms with Crippen LogP contribution in [0.1, 0.15) is 22.0 Å². The van der Waals surface area contributed by atoms with Gasteiger partial charge in [-0.25, -0.2) is 4.39 Å². The van der Waals surface area contributed by atoms with Crippen molar-refractivity contribution < 1.29 is 23.5 Å². The van der Waals surface area contributed by atoms with E-state index in [1.54, 1.807) is 30.3 Å². The molecule has 0 aliphatic rings. The van der Waals surface area contributed by atoms with Crippen LogP contribution < -0.4 is 20.1 Å². The molecule has 156 valence electrons. The smallest absolute Gasteiger partial charge is 0.251 e. The van der Waals surface area contributed by atoms with Gasteiger partial charge < -0.3 is 25.0 Å². The van der Waals surface area contributed by atoms with Gasteiger partial charge in [-0.15, -0.1) is 0 Å². The van der Waals surface area contributed by atoms with E-state index in [0.29, 0.717) is 23.6 Å². The minimum absolute atomic E-state index is 0.124. The molecule has 7 nitrogen and oxygen atoms in total. The third-order valence-electron chi connectivity index (χ3n) is 4.43. The predicted molar refractivity (Wildman–Crippen MR) is 108 cm³/mol. The Morgan fingerprint density at radius 2 is 1.66 bits per heavy atom. The molecule has 2 aromatic carbocycles. The Morgan fingerprint density at radius 1 is 1.00 bits per heavy atom. The number of hydrogen-bond acceptors (Lipinski definition) is 5. The molecule has 0 saturated carbocycles. The summed E-state index contributed by atoms with van der Waals surface area (Å²) in [5.74, 6) is -0.0974. The van der Waals surface area contributed by atoms with Crippen molar-refractivity contribution in [1.82, 2.24) is 15.5 Å². The summed E-state index contributed by atoms with van der Waals surface area (Å²) in [4.78, 5) is 26.4. The van der Waals surface area contributed by atoms with E-state index in [1.165, 1.54) is 26.4 Å². The van der Waals surface area contributed by atoms with Gasteiger partial charge in [-0.1, -0.05) is 12.1 Å². The fourth-order valence-corrected chi connectivity index (χ4v) is 2.80. The van der Waals surface area contributed by atoms with Crippen molar-refractivity contribution in [3.05, 3.63) is 59.4 Å². The highest BCUT2D eigenvalue weighted by Crippen LogP contribution is 2.27. The van der Waals surface area contributed by atoms with Crippen LogP contribution in [0.2, 0.25) is 0 Å². The number of amides is 2. The summed E-state index contributed by atoms with van der Waals surface area (Å²) >= 11 is 0. The highest BCUT2D eigenvalue weighted by Gasteiger charge is 2.16. The average molecular weight is 403 g/mol. The number of rotatable bonds is 9. The quantitative estimate of drug-likeness (QED) is 0.670. The van der Waals surface area contributed by atoms with E-state index in [4.69, 9.17) is 9.47 Å². The molecule has 0 aliphatic heterocycles. The first-order valence-corrected chi connectivity index (χ1v) is 9.04. The van der Waals surface area contributed by atoms with Crippen molar-refractivity contribution >= 4 is 11.8 Å². The molecule has 1 unspecified atom stereocenters. The lowest BCUT2D eigenvalue weighted by molar-refractivity contribution is -0.120. The summed E-state index contributed by atoms with van der Waals surface area (Å²) in [5.41, 5.74) is 1.24. The fourth-order valence-electron chi connectivity index (χ4n) is 2.80. The van der Waals surface area contributed by atoms with E-state index in [9.17, 15) is 14.0 Å². The maximum absolute atomic E-state index is 13.1. The summed E-state index contributed by atoms with van der Waals surface area (Å²) in [7, 11) is 6.74. The number of benzene rings is 2. The van der Waals surface area contributed by atoms with Crippen molar-refractivity contribution in [3.63, 3.8) is 0 Å². The molecule has 0 heterocycles. The number of nitrogens with one attached hydrogen (secondary N) is 2. The first kappa shape index (κ1) is 22.2. The summed E-state index contributed by atoms with van der Waals surface area (Å²) in [5, 5.41) is 5.37. The van der Waals surface area contributed by atoms with Crippen LogP contribution in [0.5, 0.6) is 11.5 Å². The topological polar surface area (TPSA) is 79.9 Å². The number of likely N-dealkylation sites (N-methyl/N-ethyl adjacent to an activating group) is 1. The maximum atomic E-state index is 13.1. The minimum atomic E-state index is -0.399. The summed E-state index contributed by atoms with van der Waals surface area (Å²) in [6.45, 7) is 0.153. The zero-order valence-corrected chi connectivity index (χ0v) is 17.0. The minimum Gasteiger partial charge on any atom is -0.493 e. The zero-order chi connectivity index (χ0) is 21.4. The second kappa shape index (κ2) is 10.4. The van der Waals surface area contributed by atoms with Crippen LogP contribution >= 0.6 is 0 Å². The predicted octanol–water partition coefficient (Wildman–Crippen LogP) is 1.99. The largest absolute Gasteiger partial charge is 0.493 e. The molecule has 2 rings (SSSR count). The van der Waals surface area contributed by atoms with Gasteiger partial charge in [-0.3, -0.25) is 9.59 Å². The molecule has 0 spiro atoms. The molecule has 0 radical (unpaired) electrons. The Hall–Kier alpha value is -3.13. The number of nitrogens with zero attached hydrogens (tertiary/aromatic N) is 1. The number of methoxy groups -OCH3 is 2. The van der Waals surface area contributed by atoms with Crippen molar-refractivity contribution in [2.24, 2.45) is 0 Å². The van der Waals surface area contributed by atoms with Gasteiger partial charge in [0.1, 0.15) is 5.82 Å². The lowest BCUT2D eigenvalue weighted by atomic mass is 10.1. The van der Waals surface area contributed by atoms with Gasteiger partial charge in [0.25, 0.3) is 5.91 Å². The number of carbonyl (C=O) groups excluding carboxylic acids is 2. The number of ether oxygens (including phenoxy) is 2. The van der Waals surface area contributed by atoms with Crippen molar-refractivity contribution in [2.45, 2.75) is 6.04 Å². The third kappa shape index (κ3) is 6.18. The van der Waals surface area contributed by atoms with Gasteiger partial charge in [0.05, 0.1) is 26.8 Å². The Labute approximate surface area is 169 Å². The molecular formula is C21H26FN3O4. The summed E-state index contributed by atoms with van der Waals surface area (Å²) < 4.78 is 23.5. The second-order valence-corrected chi connectivity index (χ2v) is 6.59. The number of carbonyl (C=O) groups is 2.